The van der Waals surface area contributed by atoms with E-state index >= 15 is 0 Å². The Hall–Kier alpha value is 0.0700. The lowest BCUT2D eigenvalue weighted by molar-refractivity contribution is -0.0139. The monoisotopic (exact) mass is 333 g/mol. The van der Waals surface area contributed by atoms with E-state index in [4.69, 9.17) is 4.74 Å². The highest BCUT2D eigenvalue weighted by Crippen LogP contribution is 2.39. The Morgan fingerprint density at radius 2 is 2.40 bits per heavy atom. The maximum absolute atomic E-state index is 6.00. The highest BCUT2D eigenvalue weighted by Gasteiger charge is 2.36. The molecule has 0 radical (unpaired) electrons. The van der Waals surface area contributed by atoms with Crippen LogP contribution >= 0.6 is 31.9 Å². The van der Waals surface area contributed by atoms with E-state index in [1.807, 2.05) is 18.3 Å². The van der Waals surface area contributed by atoms with Crippen molar-refractivity contribution in [3.63, 3.8) is 0 Å². The Labute approximate surface area is 107 Å². The average Bonchev–Trinajstić information content (AvgIpc) is 2.63. The number of rotatable bonds is 2. The molecule has 2 heterocycles. The van der Waals surface area contributed by atoms with E-state index in [-0.39, 0.29) is 11.7 Å². The van der Waals surface area contributed by atoms with Crippen LogP contribution in [0.15, 0.2) is 22.8 Å². The fourth-order valence-electron chi connectivity index (χ4n) is 1.78. The van der Waals surface area contributed by atoms with Gasteiger partial charge in [-0.2, -0.15) is 0 Å². The van der Waals surface area contributed by atoms with Crippen LogP contribution in [0.1, 0.15) is 31.6 Å². The fourth-order valence-corrected chi connectivity index (χ4v) is 2.43. The minimum atomic E-state index is -0.0284. The first kappa shape index (κ1) is 11.6. The molecule has 2 unspecified atom stereocenters. The second-order valence-corrected chi connectivity index (χ2v) is 5.61. The molecule has 1 aliphatic rings. The van der Waals surface area contributed by atoms with Gasteiger partial charge in [0, 0.05) is 16.0 Å². The Morgan fingerprint density at radius 3 is 2.93 bits per heavy atom. The predicted molar refractivity (Wildman–Crippen MR) is 67.2 cm³/mol. The van der Waals surface area contributed by atoms with Gasteiger partial charge in [0.2, 0.25) is 0 Å². The van der Waals surface area contributed by atoms with Gasteiger partial charge >= 0.3 is 0 Å². The summed E-state index contributed by atoms with van der Waals surface area (Å²) in [5.41, 5.74) is 1.00. The van der Waals surface area contributed by atoms with Crippen molar-refractivity contribution in [1.82, 2.24) is 4.98 Å². The molecule has 0 aliphatic carbocycles. The fraction of sp³-hybridized carbons (Fsp3) is 0.545. The Kier molecular flexibility index (Phi) is 3.48. The maximum atomic E-state index is 6.00. The molecule has 0 spiro atoms. The van der Waals surface area contributed by atoms with Crippen molar-refractivity contribution in [1.29, 1.82) is 0 Å². The maximum Gasteiger partial charge on any atom is 0.100 e. The average molecular weight is 335 g/mol. The van der Waals surface area contributed by atoms with Crippen molar-refractivity contribution in [3.05, 3.63) is 28.5 Å². The standard InChI is InChI=1S/C11H13Br2NO/c1-11(7-12)5-4-10(15-11)9-3-2-8(13)6-14-9/h2-3,6,10H,4-5,7H2,1H3. The molecule has 0 bridgehead atoms. The van der Waals surface area contributed by atoms with Gasteiger partial charge in [0.1, 0.15) is 6.10 Å². The number of hydrogen-bond donors (Lipinski definition) is 0. The number of aromatic nitrogens is 1. The third-order valence-corrected chi connectivity index (χ3v) is 4.38. The zero-order valence-electron chi connectivity index (χ0n) is 8.54. The predicted octanol–water partition coefficient (Wildman–Crippen LogP) is 3.85. The zero-order chi connectivity index (χ0) is 10.9. The molecule has 1 fully saturated rings. The summed E-state index contributed by atoms with van der Waals surface area (Å²) in [5.74, 6) is 0. The van der Waals surface area contributed by atoms with Crippen molar-refractivity contribution in [3.8, 4) is 0 Å². The van der Waals surface area contributed by atoms with E-state index in [9.17, 15) is 0 Å². The van der Waals surface area contributed by atoms with Crippen LogP contribution in [0.5, 0.6) is 0 Å². The summed E-state index contributed by atoms with van der Waals surface area (Å²) in [6, 6.07) is 4.03. The Morgan fingerprint density at radius 1 is 1.60 bits per heavy atom. The van der Waals surface area contributed by atoms with Crippen molar-refractivity contribution in [2.75, 3.05) is 5.33 Å². The van der Waals surface area contributed by atoms with E-state index in [1.165, 1.54) is 0 Å². The van der Waals surface area contributed by atoms with Gasteiger partial charge in [0.25, 0.3) is 0 Å². The zero-order valence-corrected chi connectivity index (χ0v) is 11.7. The van der Waals surface area contributed by atoms with Crippen molar-refractivity contribution in [2.24, 2.45) is 0 Å². The van der Waals surface area contributed by atoms with Crippen molar-refractivity contribution in [2.45, 2.75) is 31.5 Å². The van der Waals surface area contributed by atoms with E-state index in [2.05, 4.69) is 43.8 Å². The normalized spacial score (nSPS) is 30.7. The molecular weight excluding hydrogens is 322 g/mol. The van der Waals surface area contributed by atoms with Gasteiger partial charge in [0.05, 0.1) is 11.3 Å². The van der Waals surface area contributed by atoms with Crippen molar-refractivity contribution >= 4 is 31.9 Å². The van der Waals surface area contributed by atoms with Crippen LogP contribution in [0.4, 0.5) is 0 Å². The largest absolute Gasteiger partial charge is 0.365 e. The second-order valence-electron chi connectivity index (χ2n) is 4.13. The van der Waals surface area contributed by atoms with Gasteiger partial charge in [-0.25, -0.2) is 0 Å². The molecule has 0 aromatic carbocycles. The second kappa shape index (κ2) is 4.52. The molecule has 4 heteroatoms. The molecule has 0 amide bonds. The third-order valence-electron chi connectivity index (χ3n) is 2.72. The molecule has 0 N–H and O–H groups in total. The number of alkyl halides is 1. The smallest absolute Gasteiger partial charge is 0.100 e. The van der Waals surface area contributed by atoms with Crippen LogP contribution in [0.25, 0.3) is 0 Å². The quantitative estimate of drug-likeness (QED) is 0.766. The van der Waals surface area contributed by atoms with E-state index in [0.29, 0.717) is 0 Å². The van der Waals surface area contributed by atoms with Crippen LogP contribution in [0, 0.1) is 0 Å². The molecule has 2 rings (SSSR count). The van der Waals surface area contributed by atoms with Crippen molar-refractivity contribution < 1.29 is 4.74 Å². The molecule has 1 aromatic rings. The van der Waals surface area contributed by atoms with E-state index < -0.39 is 0 Å². The molecule has 1 aliphatic heterocycles. The molecule has 1 saturated heterocycles. The first-order valence-electron chi connectivity index (χ1n) is 4.98. The lowest BCUT2D eigenvalue weighted by Gasteiger charge is -2.21. The number of halogens is 2. The number of pyridine rings is 1. The van der Waals surface area contributed by atoms with Crippen LogP contribution in [0.2, 0.25) is 0 Å². The molecule has 1 aromatic heterocycles. The highest BCUT2D eigenvalue weighted by molar-refractivity contribution is 9.10. The summed E-state index contributed by atoms with van der Waals surface area (Å²) >= 11 is 6.87. The van der Waals surface area contributed by atoms with Gasteiger partial charge in [-0.1, -0.05) is 15.9 Å². The molecule has 2 nitrogen and oxygen atoms in total. The lowest BCUT2D eigenvalue weighted by atomic mass is 10.0. The number of ether oxygens (including phenoxy) is 1. The van der Waals surface area contributed by atoms with E-state index in [0.717, 1.165) is 28.3 Å². The third kappa shape index (κ3) is 2.60. The minimum Gasteiger partial charge on any atom is -0.365 e. The number of nitrogens with zero attached hydrogens (tertiary/aromatic N) is 1. The van der Waals surface area contributed by atoms with Crippen LogP contribution in [-0.4, -0.2) is 15.9 Å². The highest BCUT2D eigenvalue weighted by atomic mass is 79.9. The van der Waals surface area contributed by atoms with Crippen LogP contribution < -0.4 is 0 Å². The SMILES string of the molecule is CC1(CBr)CCC(c2ccc(Br)cn2)O1. The lowest BCUT2D eigenvalue weighted by Crippen LogP contribution is -2.25. The summed E-state index contributed by atoms with van der Waals surface area (Å²) in [6.07, 6.45) is 4.11. The molecule has 15 heavy (non-hydrogen) atoms. The first-order valence-corrected chi connectivity index (χ1v) is 6.90. The minimum absolute atomic E-state index is 0.0284. The summed E-state index contributed by atoms with van der Waals surface area (Å²) in [7, 11) is 0. The Bertz CT molecular complexity index is 341. The summed E-state index contributed by atoms with van der Waals surface area (Å²) in [6.45, 7) is 2.14. The summed E-state index contributed by atoms with van der Waals surface area (Å²) in [4.78, 5) is 4.37. The van der Waals surface area contributed by atoms with Gasteiger partial charge in [0.15, 0.2) is 0 Å². The summed E-state index contributed by atoms with van der Waals surface area (Å²) < 4.78 is 7.01. The number of hydrogen-bond acceptors (Lipinski definition) is 2. The summed E-state index contributed by atoms with van der Waals surface area (Å²) in [5, 5.41) is 0.882. The molecule has 0 saturated carbocycles. The first-order chi connectivity index (χ1) is 7.13. The van der Waals surface area contributed by atoms with E-state index in [1.54, 1.807) is 0 Å². The van der Waals surface area contributed by atoms with Gasteiger partial charge in [-0.05, 0) is 47.8 Å². The van der Waals surface area contributed by atoms with Crippen LogP contribution in [0.3, 0.4) is 0 Å². The van der Waals surface area contributed by atoms with Gasteiger partial charge in [-0.3, -0.25) is 4.98 Å². The van der Waals surface area contributed by atoms with Crippen LogP contribution in [-0.2, 0) is 4.74 Å². The Balaban J connectivity index is 2.11. The molecule has 2 atom stereocenters. The molecular formula is C11H13Br2NO. The molecule has 82 valence electrons. The topological polar surface area (TPSA) is 22.1 Å². The van der Waals surface area contributed by atoms with Gasteiger partial charge in [-0.15, -0.1) is 0 Å². The van der Waals surface area contributed by atoms with Gasteiger partial charge < -0.3 is 4.74 Å².